The quantitative estimate of drug-likeness (QED) is 0.207. The maximum absolute atomic E-state index is 13.1. The molecule has 2 saturated heterocycles. The maximum Gasteiger partial charge on any atom is 0.316 e. The molecule has 0 atom stereocenters. The summed E-state index contributed by atoms with van der Waals surface area (Å²) in [6.07, 6.45) is 3.18. The first-order valence-corrected chi connectivity index (χ1v) is 21.7. The summed E-state index contributed by atoms with van der Waals surface area (Å²) in [4.78, 5) is 48.6. The van der Waals surface area contributed by atoms with Crippen molar-refractivity contribution in [2.45, 2.75) is 120 Å². The molecular formula is C44H59ClN2O6S2. The second kappa shape index (κ2) is 17.1. The van der Waals surface area contributed by atoms with Crippen molar-refractivity contribution in [2.24, 2.45) is 10.8 Å². The van der Waals surface area contributed by atoms with Crippen molar-refractivity contribution in [2.75, 3.05) is 23.0 Å². The van der Waals surface area contributed by atoms with E-state index in [-0.39, 0.29) is 34.2 Å². The Morgan fingerprint density at radius 2 is 1.00 bits per heavy atom. The standard InChI is InChI=1S/C22H29NO3S.C17H21NO2S.C5H9ClO/c1-13-11-14(2)16(15(3)12-13)17-18(26-20(25)21(4,5)6)22(23-19(17)24)7-9-27-10-8-22;1-10-8-11(2)13(12(3)9-10)14-15(19)17(18-16(14)20)4-6-21-7-5-17;1-5(2,3)4(6)7/h11-12H,7-10H2,1-6H3,(H,23,24);8-9,19H,4-7H2,1-3H3,(H,18,20);1-3H3. The number of nitrogens with one attached hydrogen (secondary N) is 2. The van der Waals surface area contributed by atoms with E-state index >= 15 is 0 Å². The van der Waals surface area contributed by atoms with Crippen LogP contribution in [0, 0.1) is 52.4 Å². The van der Waals surface area contributed by atoms with Crippen LogP contribution in [0.3, 0.4) is 0 Å². The van der Waals surface area contributed by atoms with Crippen molar-refractivity contribution in [1.29, 1.82) is 0 Å². The number of carbonyl (C=O) groups excluding carboxylic acids is 4. The molecule has 6 rings (SSSR count). The van der Waals surface area contributed by atoms with Gasteiger partial charge in [0.05, 0.1) is 22.1 Å². The summed E-state index contributed by atoms with van der Waals surface area (Å²) in [5, 5.41) is 16.8. The van der Waals surface area contributed by atoms with Crippen molar-refractivity contribution >= 4 is 69.3 Å². The maximum atomic E-state index is 13.1. The van der Waals surface area contributed by atoms with E-state index in [0.717, 1.165) is 87.6 Å². The number of aliphatic hydroxyl groups excluding tert-OH is 1. The Bertz CT molecular complexity index is 1880. The second-order valence-corrected chi connectivity index (χ2v) is 20.2. The van der Waals surface area contributed by atoms with E-state index in [1.165, 1.54) is 5.56 Å². The minimum Gasteiger partial charge on any atom is -0.509 e. The van der Waals surface area contributed by atoms with Gasteiger partial charge in [-0.1, -0.05) is 56.2 Å². The van der Waals surface area contributed by atoms with Crippen molar-refractivity contribution in [3.8, 4) is 0 Å². The van der Waals surface area contributed by atoms with Crippen LogP contribution in [0.5, 0.6) is 0 Å². The van der Waals surface area contributed by atoms with Crippen LogP contribution in [-0.4, -0.2) is 62.2 Å². The summed E-state index contributed by atoms with van der Waals surface area (Å²) >= 11 is 8.87. The summed E-state index contributed by atoms with van der Waals surface area (Å²) in [6, 6.07) is 8.29. The number of aliphatic hydroxyl groups is 1. The van der Waals surface area contributed by atoms with Gasteiger partial charge in [0.2, 0.25) is 5.24 Å². The minimum atomic E-state index is -0.633. The van der Waals surface area contributed by atoms with Gasteiger partial charge in [-0.05, 0) is 156 Å². The number of rotatable bonds is 3. The molecule has 3 N–H and O–H groups in total. The predicted octanol–water partition coefficient (Wildman–Crippen LogP) is 9.38. The molecule has 8 nitrogen and oxygen atoms in total. The Kier molecular flexibility index (Phi) is 13.8. The van der Waals surface area contributed by atoms with Gasteiger partial charge in [0, 0.05) is 5.41 Å². The van der Waals surface area contributed by atoms with Crippen LogP contribution in [0.1, 0.15) is 112 Å². The van der Waals surface area contributed by atoms with Gasteiger partial charge >= 0.3 is 5.97 Å². The number of esters is 1. The zero-order valence-corrected chi connectivity index (χ0v) is 37.0. The molecule has 0 unspecified atom stereocenters. The predicted molar refractivity (Wildman–Crippen MR) is 229 cm³/mol. The number of benzene rings is 2. The fourth-order valence-electron chi connectivity index (χ4n) is 7.52. The highest BCUT2D eigenvalue weighted by molar-refractivity contribution is 7.99. The lowest BCUT2D eigenvalue weighted by atomic mass is 9.87. The Morgan fingerprint density at radius 1 is 0.655 bits per heavy atom. The van der Waals surface area contributed by atoms with Crippen LogP contribution in [0.4, 0.5) is 0 Å². The normalized spacial score (nSPS) is 19.0. The summed E-state index contributed by atoms with van der Waals surface area (Å²) in [5.74, 6) is 4.05. The zero-order chi connectivity index (χ0) is 41.3. The van der Waals surface area contributed by atoms with Gasteiger partial charge in [0.25, 0.3) is 11.8 Å². The molecule has 2 fully saturated rings. The summed E-state index contributed by atoms with van der Waals surface area (Å²) in [6.45, 7) is 23.0. The Balaban J connectivity index is 0.000000213. The Labute approximate surface area is 341 Å². The van der Waals surface area contributed by atoms with E-state index in [1.54, 1.807) is 20.8 Å². The number of hydrogen-bond acceptors (Lipinski definition) is 8. The van der Waals surface area contributed by atoms with Crippen molar-refractivity contribution in [3.05, 3.63) is 80.3 Å². The number of amides is 2. The van der Waals surface area contributed by atoms with Crippen LogP contribution in [0.25, 0.3) is 11.1 Å². The smallest absolute Gasteiger partial charge is 0.316 e. The largest absolute Gasteiger partial charge is 0.509 e. The molecule has 4 aliphatic rings. The number of ether oxygens (including phenoxy) is 1. The van der Waals surface area contributed by atoms with Crippen molar-refractivity contribution in [1.82, 2.24) is 10.6 Å². The van der Waals surface area contributed by atoms with E-state index in [9.17, 15) is 24.3 Å². The lowest BCUT2D eigenvalue weighted by Crippen LogP contribution is -2.48. The number of carbonyl (C=O) groups is 4. The monoisotopic (exact) mass is 810 g/mol. The molecule has 4 heterocycles. The molecule has 0 saturated carbocycles. The number of hydrogen-bond donors (Lipinski definition) is 3. The number of aryl methyl sites for hydroxylation is 6. The molecule has 0 bridgehead atoms. The molecule has 11 heteroatoms. The second-order valence-electron chi connectivity index (χ2n) is 17.4. The molecule has 4 aliphatic heterocycles. The molecular weight excluding hydrogens is 752 g/mol. The first-order chi connectivity index (χ1) is 25.4. The van der Waals surface area contributed by atoms with Gasteiger partial charge in [0.15, 0.2) is 0 Å². The first kappa shape index (κ1) is 44.5. The van der Waals surface area contributed by atoms with E-state index in [2.05, 4.69) is 34.9 Å². The van der Waals surface area contributed by atoms with Gasteiger partial charge in [-0.15, -0.1) is 0 Å². The van der Waals surface area contributed by atoms with Gasteiger partial charge in [-0.2, -0.15) is 23.5 Å². The van der Waals surface area contributed by atoms with Gasteiger partial charge < -0.3 is 20.5 Å². The third kappa shape index (κ3) is 9.85. The van der Waals surface area contributed by atoms with Crippen molar-refractivity contribution < 1.29 is 29.0 Å². The minimum absolute atomic E-state index is 0.130. The molecule has 0 aliphatic carbocycles. The van der Waals surface area contributed by atoms with Crippen molar-refractivity contribution in [3.63, 3.8) is 0 Å². The van der Waals surface area contributed by atoms with E-state index in [4.69, 9.17) is 16.3 Å². The van der Waals surface area contributed by atoms with Crippen LogP contribution in [-0.2, 0) is 23.9 Å². The Hall–Kier alpha value is -3.21. The highest BCUT2D eigenvalue weighted by Gasteiger charge is 2.50. The van der Waals surface area contributed by atoms with Crippen LogP contribution in [0.2, 0.25) is 0 Å². The highest BCUT2D eigenvalue weighted by Crippen LogP contribution is 2.45. The van der Waals surface area contributed by atoms with Crippen LogP contribution in [0.15, 0.2) is 35.8 Å². The molecule has 0 aromatic heterocycles. The van der Waals surface area contributed by atoms with Gasteiger partial charge in [-0.25, -0.2) is 0 Å². The Morgan fingerprint density at radius 3 is 1.38 bits per heavy atom. The zero-order valence-electron chi connectivity index (χ0n) is 34.6. The summed E-state index contributed by atoms with van der Waals surface area (Å²) < 4.78 is 5.99. The lowest BCUT2D eigenvalue weighted by Gasteiger charge is -2.35. The average Bonchev–Trinajstić information content (AvgIpc) is 3.44. The third-order valence-corrected chi connectivity index (χ3v) is 13.0. The molecule has 2 amide bonds. The van der Waals surface area contributed by atoms with Gasteiger partial charge in [0.1, 0.15) is 17.1 Å². The molecule has 0 radical (unpaired) electrons. The first-order valence-electron chi connectivity index (χ1n) is 19.0. The fraction of sp³-hybridized carbons (Fsp3) is 0.545. The third-order valence-electron chi connectivity index (χ3n) is 10.5. The van der Waals surface area contributed by atoms with E-state index in [1.807, 2.05) is 85.8 Å². The van der Waals surface area contributed by atoms with E-state index in [0.29, 0.717) is 16.9 Å². The molecule has 55 heavy (non-hydrogen) atoms. The topological polar surface area (TPSA) is 122 Å². The highest BCUT2D eigenvalue weighted by atomic mass is 35.5. The average molecular weight is 812 g/mol. The number of halogens is 1. The lowest BCUT2D eigenvalue weighted by molar-refractivity contribution is -0.149. The molecule has 2 aromatic rings. The van der Waals surface area contributed by atoms with Gasteiger partial charge in [-0.3, -0.25) is 19.2 Å². The molecule has 2 spiro atoms. The van der Waals surface area contributed by atoms with Crippen LogP contribution >= 0.6 is 35.1 Å². The fourth-order valence-corrected chi connectivity index (χ4v) is 9.90. The molecule has 300 valence electrons. The van der Waals surface area contributed by atoms with Crippen LogP contribution < -0.4 is 10.6 Å². The molecule has 2 aromatic carbocycles. The van der Waals surface area contributed by atoms with E-state index < -0.39 is 16.5 Å². The summed E-state index contributed by atoms with van der Waals surface area (Å²) in [5.41, 5.74) is 7.20. The number of thioether (sulfide) groups is 2. The SMILES string of the molecule is CC(C)(C)C(=O)Cl.Cc1cc(C)c(C2=C(O)C3(CCSCC3)NC2=O)c(C)c1.Cc1cc(C)c(C2=C(OC(=O)C(C)(C)C)C3(CCSCC3)NC2=O)c(C)c1. The summed E-state index contributed by atoms with van der Waals surface area (Å²) in [7, 11) is 0.